The molecule has 0 amide bonds. The smallest absolute Gasteiger partial charge is 0.164 e. The van der Waals surface area contributed by atoms with E-state index in [1.165, 1.54) is 0 Å². The quantitative estimate of drug-likeness (QED) is 0.224. The van der Waals surface area contributed by atoms with E-state index < -0.39 is 0 Å². The Kier molecular flexibility index (Phi) is 4.05. The monoisotopic (exact) mass is 520 g/mol. The van der Waals surface area contributed by atoms with Gasteiger partial charge in [-0.1, -0.05) is 72.8 Å². The fourth-order valence-electron chi connectivity index (χ4n) is 5.36. The summed E-state index contributed by atoms with van der Waals surface area (Å²) in [6.45, 7) is 0. The van der Waals surface area contributed by atoms with Gasteiger partial charge in [0.1, 0.15) is 22.6 Å². The zero-order valence-electron chi connectivity index (χ0n) is 20.2. The van der Waals surface area contributed by atoms with E-state index in [0.717, 1.165) is 43.8 Å². The van der Waals surface area contributed by atoms with Crippen molar-refractivity contribution in [1.29, 1.82) is 0 Å². The average Bonchev–Trinajstić information content (AvgIpc) is 3.77. The molecule has 0 atom stereocenters. The Balaban J connectivity index is 1.51. The standard InChI is InChI=1S/C30H16N8S/c1-2-8-16-15(7-1)23-31-24(16)33-26-18-10-4-6-12-20(18)28(35-26)37-30-22-14-39-13-21(22)29(38-30)36-27-19-11-5-3-9-17(19)25(32-23)34-27/h1-14H,(H2,31,32,33,34,35,36,37,38). The minimum absolute atomic E-state index is 0.604. The van der Waals surface area contributed by atoms with Crippen LogP contribution in [0.15, 0.2) is 83.6 Å². The van der Waals surface area contributed by atoms with Crippen LogP contribution in [0.5, 0.6) is 0 Å². The lowest BCUT2D eigenvalue weighted by atomic mass is 10.1. The summed E-state index contributed by atoms with van der Waals surface area (Å²) >= 11 is 1.62. The van der Waals surface area contributed by atoms with Crippen molar-refractivity contribution in [3.63, 3.8) is 0 Å². The van der Waals surface area contributed by atoms with Gasteiger partial charge in [0.25, 0.3) is 0 Å². The normalized spacial score (nSPS) is 12.1. The largest absolute Gasteiger partial charge is 0.324 e. The topological polar surface area (TPSA) is 109 Å². The van der Waals surface area contributed by atoms with Crippen LogP contribution in [0.2, 0.25) is 0 Å². The summed E-state index contributed by atoms with van der Waals surface area (Å²) in [5, 5.41) is 8.07. The number of hydrogen-bond acceptors (Lipinski definition) is 7. The van der Waals surface area contributed by atoms with Gasteiger partial charge < -0.3 is 9.97 Å². The molecule has 0 aliphatic carbocycles. The van der Waals surface area contributed by atoms with Gasteiger partial charge in [-0.05, 0) is 0 Å². The van der Waals surface area contributed by atoms with Crippen LogP contribution in [0.25, 0.3) is 89.7 Å². The van der Waals surface area contributed by atoms with Gasteiger partial charge in [0, 0.05) is 54.6 Å². The third-order valence-corrected chi connectivity index (χ3v) is 7.94. The first-order chi connectivity index (χ1) is 19.3. The van der Waals surface area contributed by atoms with E-state index in [1.54, 1.807) is 11.3 Å². The number of H-pyrrole nitrogens is 2. The second-order valence-corrected chi connectivity index (χ2v) is 10.2. The number of rotatable bonds is 0. The highest BCUT2D eigenvalue weighted by atomic mass is 32.1. The van der Waals surface area contributed by atoms with Gasteiger partial charge in [0.15, 0.2) is 23.3 Å². The maximum absolute atomic E-state index is 5.01. The molecule has 0 fully saturated rings. The van der Waals surface area contributed by atoms with Gasteiger partial charge in [0.05, 0.1) is 0 Å². The molecule has 9 heteroatoms. The molecule has 2 aliphatic rings. The molecule has 8 nitrogen and oxygen atoms in total. The number of benzene rings is 3. The summed E-state index contributed by atoms with van der Waals surface area (Å²) in [5.74, 6) is 2.42. The Morgan fingerprint density at radius 3 is 1.10 bits per heavy atom. The molecule has 3 aromatic carbocycles. The molecule has 4 aromatic heterocycles. The Bertz CT molecular complexity index is 2150. The van der Waals surface area contributed by atoms with Crippen molar-refractivity contribution in [2.24, 2.45) is 0 Å². The zero-order chi connectivity index (χ0) is 25.5. The molecule has 2 N–H and O–H groups in total. The summed E-state index contributed by atoms with van der Waals surface area (Å²) in [6, 6.07) is 24.2. The van der Waals surface area contributed by atoms with Crippen LogP contribution in [0.1, 0.15) is 0 Å². The van der Waals surface area contributed by atoms with Gasteiger partial charge in [-0.3, -0.25) is 0 Å². The first-order valence-electron chi connectivity index (χ1n) is 12.5. The van der Waals surface area contributed by atoms with Crippen molar-refractivity contribution < 1.29 is 0 Å². The minimum Gasteiger partial charge on any atom is -0.324 e. The van der Waals surface area contributed by atoms with E-state index in [2.05, 4.69) is 20.7 Å². The third-order valence-electron chi connectivity index (χ3n) is 7.20. The summed E-state index contributed by atoms with van der Waals surface area (Å²) in [4.78, 5) is 36.7. The Hall–Kier alpha value is -5.28. The van der Waals surface area contributed by atoms with Crippen molar-refractivity contribution >= 4 is 55.5 Å². The lowest BCUT2D eigenvalue weighted by Crippen LogP contribution is -1.83. The van der Waals surface area contributed by atoms with Crippen LogP contribution in [-0.2, 0) is 0 Å². The van der Waals surface area contributed by atoms with Crippen LogP contribution in [0.3, 0.4) is 0 Å². The number of fused-ring (bicyclic) bond motifs is 20. The molecule has 0 saturated carbocycles. The molecule has 7 aromatic rings. The van der Waals surface area contributed by atoms with Gasteiger partial charge in [-0.15, -0.1) is 0 Å². The predicted octanol–water partition coefficient (Wildman–Crippen LogP) is 6.93. The number of aromatic amines is 2. The van der Waals surface area contributed by atoms with Crippen molar-refractivity contribution in [1.82, 2.24) is 39.9 Å². The third kappa shape index (κ3) is 2.98. The molecule has 0 spiro atoms. The van der Waals surface area contributed by atoms with E-state index in [4.69, 9.17) is 29.9 Å². The molecule has 6 heterocycles. The fraction of sp³-hybridized carbons (Fsp3) is 0. The van der Waals surface area contributed by atoms with E-state index in [-0.39, 0.29) is 0 Å². The second kappa shape index (κ2) is 7.62. The van der Waals surface area contributed by atoms with Gasteiger partial charge in [-0.25, -0.2) is 29.9 Å². The number of thiophene rings is 1. The zero-order valence-corrected chi connectivity index (χ0v) is 21.0. The molecule has 0 saturated heterocycles. The SMILES string of the molecule is c1ccc2c(c1)-c1nc-2nc2[nH]c(nc3nc(nc4[nH]c(n1)c1ccccc41)-c1ccccc1-3)c1cscc21. The van der Waals surface area contributed by atoms with Crippen molar-refractivity contribution in [3.05, 3.63) is 83.6 Å². The molecule has 2 aliphatic heterocycles. The molecule has 39 heavy (non-hydrogen) atoms. The molecule has 0 radical (unpaired) electrons. The number of hydrogen-bond donors (Lipinski definition) is 2. The van der Waals surface area contributed by atoms with Crippen LogP contribution >= 0.6 is 11.3 Å². The van der Waals surface area contributed by atoms with Crippen LogP contribution in [0, 0.1) is 0 Å². The summed E-state index contributed by atoms with van der Waals surface area (Å²) in [5.41, 5.74) is 6.54. The first kappa shape index (κ1) is 20.7. The number of nitrogens with one attached hydrogen (secondary N) is 2. The van der Waals surface area contributed by atoms with Crippen LogP contribution in [0.4, 0.5) is 0 Å². The molecule has 8 bridgehead atoms. The lowest BCUT2D eigenvalue weighted by molar-refractivity contribution is 1.19. The Labute approximate surface area is 224 Å². The van der Waals surface area contributed by atoms with Gasteiger partial charge in [-0.2, -0.15) is 11.3 Å². The maximum Gasteiger partial charge on any atom is 0.164 e. The van der Waals surface area contributed by atoms with Gasteiger partial charge in [0.2, 0.25) is 0 Å². The highest BCUT2D eigenvalue weighted by Gasteiger charge is 2.21. The maximum atomic E-state index is 5.01. The lowest BCUT2D eigenvalue weighted by Gasteiger charge is -1.96. The summed E-state index contributed by atoms with van der Waals surface area (Å²) in [7, 11) is 0. The Morgan fingerprint density at radius 2 is 0.718 bits per heavy atom. The molecular weight excluding hydrogens is 504 g/mol. The van der Waals surface area contributed by atoms with Crippen LogP contribution < -0.4 is 0 Å². The number of nitrogens with zero attached hydrogens (tertiary/aromatic N) is 6. The molecular formula is C30H16N8S. The summed E-state index contributed by atoms with van der Waals surface area (Å²) in [6.07, 6.45) is 0. The van der Waals surface area contributed by atoms with E-state index in [0.29, 0.717) is 45.9 Å². The van der Waals surface area contributed by atoms with Crippen molar-refractivity contribution in [2.45, 2.75) is 0 Å². The van der Waals surface area contributed by atoms with E-state index in [9.17, 15) is 0 Å². The van der Waals surface area contributed by atoms with Crippen molar-refractivity contribution in [2.75, 3.05) is 0 Å². The van der Waals surface area contributed by atoms with E-state index >= 15 is 0 Å². The number of aromatic nitrogens is 8. The predicted molar refractivity (Wildman–Crippen MR) is 154 cm³/mol. The van der Waals surface area contributed by atoms with Crippen molar-refractivity contribution in [3.8, 4) is 45.6 Å². The molecule has 9 rings (SSSR count). The van der Waals surface area contributed by atoms with E-state index in [1.807, 2.05) is 72.8 Å². The second-order valence-electron chi connectivity index (χ2n) is 9.45. The first-order valence-corrected chi connectivity index (χ1v) is 13.4. The van der Waals surface area contributed by atoms with Gasteiger partial charge >= 0.3 is 0 Å². The summed E-state index contributed by atoms with van der Waals surface area (Å²) < 4.78 is 0. The average molecular weight is 521 g/mol. The fourth-order valence-corrected chi connectivity index (χ4v) is 6.18. The highest BCUT2D eigenvalue weighted by Crippen LogP contribution is 2.37. The molecule has 0 unspecified atom stereocenters. The Morgan fingerprint density at radius 1 is 0.385 bits per heavy atom. The minimum atomic E-state index is 0.604. The van der Waals surface area contributed by atoms with Crippen LogP contribution in [-0.4, -0.2) is 39.9 Å². The molecule has 182 valence electrons. The highest BCUT2D eigenvalue weighted by molar-refractivity contribution is 7.09.